The predicted molar refractivity (Wildman–Crippen MR) is 101 cm³/mol. The molecule has 0 aliphatic carbocycles. The summed E-state index contributed by atoms with van der Waals surface area (Å²) in [5.74, 6) is 0.865. The quantitative estimate of drug-likeness (QED) is 0.639. The van der Waals surface area contributed by atoms with Crippen molar-refractivity contribution < 1.29 is 4.79 Å². The summed E-state index contributed by atoms with van der Waals surface area (Å²) in [6, 6.07) is 6.28. The van der Waals surface area contributed by atoms with Gasteiger partial charge in [-0.1, -0.05) is 38.8 Å². The fourth-order valence-electron chi connectivity index (χ4n) is 3.20. The van der Waals surface area contributed by atoms with E-state index in [9.17, 15) is 4.79 Å². The first-order valence-corrected chi connectivity index (χ1v) is 9.43. The number of nitrogens with two attached hydrogens (primary N) is 1. The van der Waals surface area contributed by atoms with Crippen LogP contribution < -0.4 is 11.1 Å². The van der Waals surface area contributed by atoms with Gasteiger partial charge in [-0.3, -0.25) is 9.69 Å². The first-order chi connectivity index (χ1) is 11.6. The monoisotopic (exact) mass is 331 g/mol. The van der Waals surface area contributed by atoms with Crippen molar-refractivity contribution in [3.8, 4) is 0 Å². The van der Waals surface area contributed by atoms with Crippen molar-refractivity contribution in [3.05, 3.63) is 29.3 Å². The molecule has 0 radical (unpaired) electrons. The maximum Gasteiger partial charge on any atom is 0.224 e. The average molecular weight is 332 g/mol. The minimum Gasteiger partial charge on any atom is -0.330 e. The maximum absolute atomic E-state index is 12.2. The third-order valence-electron chi connectivity index (χ3n) is 4.70. The van der Waals surface area contributed by atoms with Crippen LogP contribution >= 0.6 is 0 Å². The summed E-state index contributed by atoms with van der Waals surface area (Å²) in [4.78, 5) is 14.7. The number of anilines is 1. The summed E-state index contributed by atoms with van der Waals surface area (Å²) in [5.41, 5.74) is 9.16. The number of hydrogen-bond donors (Lipinski definition) is 2. The van der Waals surface area contributed by atoms with Crippen LogP contribution in [0, 0.1) is 5.92 Å². The average Bonchev–Trinajstić information content (AvgIpc) is 2.97. The number of carbonyl (C=O) groups is 1. The van der Waals surface area contributed by atoms with Gasteiger partial charge < -0.3 is 11.1 Å². The highest BCUT2D eigenvalue weighted by molar-refractivity contribution is 5.91. The number of nitrogens with one attached hydrogen (secondary N) is 1. The number of nitrogens with zero attached hydrogens (tertiary/aromatic N) is 1. The van der Waals surface area contributed by atoms with Crippen LogP contribution in [-0.4, -0.2) is 23.9 Å². The Bertz CT molecular complexity index is 528. The summed E-state index contributed by atoms with van der Waals surface area (Å²) in [5, 5.41) is 3.13. The van der Waals surface area contributed by atoms with Crippen LogP contribution in [0.4, 0.5) is 5.69 Å². The molecule has 1 aromatic carbocycles. The second-order valence-corrected chi connectivity index (χ2v) is 7.34. The summed E-state index contributed by atoms with van der Waals surface area (Å²) in [6.07, 6.45) is 6.03. The summed E-state index contributed by atoms with van der Waals surface area (Å²) in [7, 11) is 0. The normalized spacial score (nSPS) is 14.2. The van der Waals surface area contributed by atoms with Gasteiger partial charge in [0.05, 0.1) is 0 Å². The molecule has 4 nitrogen and oxygen atoms in total. The number of carbonyl (C=O) groups excluding carboxylic acids is 1. The molecule has 0 bridgehead atoms. The molecule has 1 aliphatic rings. The van der Waals surface area contributed by atoms with Gasteiger partial charge in [0.2, 0.25) is 5.91 Å². The van der Waals surface area contributed by atoms with Crippen LogP contribution in [-0.2, 0) is 17.9 Å². The standard InChI is InChI=1S/C20H33N3O/c1-16(2)11-13-23-14-17-8-7-9-19(18(17)15-23)22-20(24)10-5-3-4-6-12-21/h7-9,16H,3-6,10-15,21H2,1-2H3,(H,22,24). The molecule has 0 unspecified atom stereocenters. The Morgan fingerprint density at radius 3 is 2.75 bits per heavy atom. The van der Waals surface area contributed by atoms with Crippen LogP contribution in [0.2, 0.25) is 0 Å². The Balaban J connectivity index is 1.83. The Morgan fingerprint density at radius 1 is 1.21 bits per heavy atom. The molecule has 3 N–H and O–H groups in total. The summed E-state index contributed by atoms with van der Waals surface area (Å²) < 4.78 is 0. The Labute approximate surface area is 146 Å². The maximum atomic E-state index is 12.2. The van der Waals surface area contributed by atoms with E-state index in [0.717, 1.165) is 63.5 Å². The largest absolute Gasteiger partial charge is 0.330 e. The van der Waals surface area contributed by atoms with E-state index in [1.54, 1.807) is 0 Å². The zero-order valence-electron chi connectivity index (χ0n) is 15.3. The molecular weight excluding hydrogens is 298 g/mol. The number of hydrogen-bond acceptors (Lipinski definition) is 3. The van der Waals surface area contributed by atoms with Crippen LogP contribution in [0.5, 0.6) is 0 Å². The molecule has 1 aromatic rings. The highest BCUT2D eigenvalue weighted by atomic mass is 16.1. The van der Waals surface area contributed by atoms with Gasteiger partial charge in [-0.15, -0.1) is 0 Å². The highest BCUT2D eigenvalue weighted by Gasteiger charge is 2.22. The van der Waals surface area contributed by atoms with E-state index in [2.05, 4.69) is 36.2 Å². The zero-order chi connectivity index (χ0) is 17.4. The van der Waals surface area contributed by atoms with Crippen LogP contribution in [0.15, 0.2) is 18.2 Å². The smallest absolute Gasteiger partial charge is 0.224 e. The van der Waals surface area contributed by atoms with Crippen molar-refractivity contribution in [2.45, 2.75) is 65.5 Å². The number of rotatable bonds is 10. The van der Waals surface area contributed by atoms with Crippen molar-refractivity contribution >= 4 is 11.6 Å². The number of unbranched alkanes of at least 4 members (excludes halogenated alkanes) is 3. The molecule has 0 saturated carbocycles. The molecule has 4 heteroatoms. The van der Waals surface area contributed by atoms with E-state index in [1.807, 2.05) is 6.07 Å². The van der Waals surface area contributed by atoms with Crippen molar-refractivity contribution in [2.24, 2.45) is 11.7 Å². The molecule has 0 aromatic heterocycles. The van der Waals surface area contributed by atoms with Gasteiger partial charge in [0.25, 0.3) is 0 Å². The number of benzene rings is 1. The lowest BCUT2D eigenvalue weighted by molar-refractivity contribution is -0.116. The fourth-order valence-corrected chi connectivity index (χ4v) is 3.20. The molecule has 1 heterocycles. The second kappa shape index (κ2) is 9.80. The fraction of sp³-hybridized carbons (Fsp3) is 0.650. The first kappa shape index (κ1) is 18.9. The Morgan fingerprint density at radius 2 is 2.00 bits per heavy atom. The molecule has 1 amide bonds. The van der Waals surface area contributed by atoms with Crippen molar-refractivity contribution in [3.63, 3.8) is 0 Å². The lowest BCUT2D eigenvalue weighted by atomic mass is 10.1. The summed E-state index contributed by atoms with van der Waals surface area (Å²) in [6.45, 7) is 8.36. The first-order valence-electron chi connectivity index (χ1n) is 9.43. The van der Waals surface area contributed by atoms with Crippen LogP contribution in [0.25, 0.3) is 0 Å². The lowest BCUT2D eigenvalue weighted by Gasteiger charge is -2.16. The topological polar surface area (TPSA) is 58.4 Å². The minimum atomic E-state index is 0.136. The Kier molecular flexibility index (Phi) is 7.73. The van der Waals surface area contributed by atoms with Gasteiger partial charge in [-0.2, -0.15) is 0 Å². The molecule has 134 valence electrons. The summed E-state index contributed by atoms with van der Waals surface area (Å²) >= 11 is 0. The van der Waals surface area contributed by atoms with Gasteiger partial charge in [0.1, 0.15) is 0 Å². The number of amides is 1. The molecule has 0 saturated heterocycles. The van der Waals surface area contributed by atoms with Gasteiger partial charge >= 0.3 is 0 Å². The van der Waals surface area contributed by atoms with Crippen molar-refractivity contribution in [2.75, 3.05) is 18.4 Å². The third-order valence-corrected chi connectivity index (χ3v) is 4.70. The van der Waals surface area contributed by atoms with Crippen LogP contribution in [0.1, 0.15) is 63.5 Å². The number of fused-ring (bicyclic) bond motifs is 1. The van der Waals surface area contributed by atoms with E-state index in [1.165, 1.54) is 17.5 Å². The zero-order valence-corrected chi connectivity index (χ0v) is 15.3. The van der Waals surface area contributed by atoms with E-state index in [-0.39, 0.29) is 5.91 Å². The van der Waals surface area contributed by atoms with Crippen molar-refractivity contribution in [1.29, 1.82) is 0 Å². The van der Waals surface area contributed by atoms with Gasteiger partial charge in [-0.25, -0.2) is 0 Å². The second-order valence-electron chi connectivity index (χ2n) is 7.34. The molecule has 0 atom stereocenters. The van der Waals surface area contributed by atoms with Crippen LogP contribution in [0.3, 0.4) is 0 Å². The molecule has 0 spiro atoms. The van der Waals surface area contributed by atoms with Gasteiger partial charge in [-0.05, 0) is 55.5 Å². The van der Waals surface area contributed by atoms with E-state index < -0.39 is 0 Å². The van der Waals surface area contributed by atoms with E-state index >= 15 is 0 Å². The molecule has 2 rings (SSSR count). The van der Waals surface area contributed by atoms with Gasteiger partial charge in [0.15, 0.2) is 0 Å². The third kappa shape index (κ3) is 5.91. The highest BCUT2D eigenvalue weighted by Crippen LogP contribution is 2.29. The van der Waals surface area contributed by atoms with Crippen molar-refractivity contribution in [1.82, 2.24) is 4.90 Å². The SMILES string of the molecule is CC(C)CCN1Cc2cccc(NC(=O)CCCCCCN)c2C1. The predicted octanol–water partition coefficient (Wildman–Crippen LogP) is 3.90. The van der Waals surface area contributed by atoms with E-state index in [0.29, 0.717) is 6.42 Å². The lowest BCUT2D eigenvalue weighted by Crippen LogP contribution is -2.19. The molecule has 24 heavy (non-hydrogen) atoms. The minimum absolute atomic E-state index is 0.136. The Hall–Kier alpha value is -1.39. The molecule has 0 fully saturated rings. The van der Waals surface area contributed by atoms with Gasteiger partial charge in [0, 0.05) is 25.2 Å². The molecule has 1 aliphatic heterocycles. The van der Waals surface area contributed by atoms with E-state index in [4.69, 9.17) is 5.73 Å². The molecular formula is C20H33N3O.